The number of hydrogen-bond acceptors (Lipinski definition) is 3. The van der Waals surface area contributed by atoms with Crippen molar-refractivity contribution in [3.63, 3.8) is 0 Å². The van der Waals surface area contributed by atoms with E-state index < -0.39 is 5.51 Å². The summed E-state index contributed by atoms with van der Waals surface area (Å²) in [6, 6.07) is 7.02. The van der Waals surface area contributed by atoms with Crippen molar-refractivity contribution in [3.05, 3.63) is 24.3 Å². The second-order valence-electron chi connectivity index (χ2n) is 2.95. The van der Waals surface area contributed by atoms with Gasteiger partial charge in [-0.2, -0.15) is 13.2 Å². The van der Waals surface area contributed by atoms with E-state index in [9.17, 15) is 13.2 Å². The minimum atomic E-state index is -4.15. The highest BCUT2D eigenvalue weighted by Crippen LogP contribution is 2.29. The Hall–Kier alpha value is -1.04. The monoisotopic (exact) mass is 251 g/mol. The van der Waals surface area contributed by atoms with Crippen LogP contribution in [0.1, 0.15) is 0 Å². The summed E-state index contributed by atoms with van der Waals surface area (Å²) in [5.41, 5.74) is -3.37. The SMILES string of the molecule is COc1ccc(NCCSC(F)(F)F)cc1. The molecule has 1 aromatic rings. The van der Waals surface area contributed by atoms with Crippen LogP contribution < -0.4 is 10.1 Å². The van der Waals surface area contributed by atoms with Gasteiger partial charge in [-0.3, -0.25) is 0 Å². The molecule has 90 valence electrons. The van der Waals surface area contributed by atoms with Crippen molar-refractivity contribution in [3.8, 4) is 5.75 Å². The first-order chi connectivity index (χ1) is 7.51. The van der Waals surface area contributed by atoms with E-state index >= 15 is 0 Å². The lowest BCUT2D eigenvalue weighted by molar-refractivity contribution is -0.0327. The molecule has 0 spiro atoms. The van der Waals surface area contributed by atoms with Crippen LogP contribution >= 0.6 is 11.8 Å². The lowest BCUT2D eigenvalue weighted by atomic mass is 10.3. The zero-order chi connectivity index (χ0) is 12.0. The maximum Gasteiger partial charge on any atom is 0.441 e. The van der Waals surface area contributed by atoms with Gasteiger partial charge in [-0.15, -0.1) is 0 Å². The molecule has 0 aliphatic carbocycles. The molecule has 0 aliphatic heterocycles. The topological polar surface area (TPSA) is 21.3 Å². The number of anilines is 1. The number of nitrogens with one attached hydrogen (secondary N) is 1. The second-order valence-corrected chi connectivity index (χ2v) is 4.11. The largest absolute Gasteiger partial charge is 0.497 e. The van der Waals surface area contributed by atoms with Gasteiger partial charge in [-0.25, -0.2) is 0 Å². The van der Waals surface area contributed by atoms with Crippen LogP contribution in [0.3, 0.4) is 0 Å². The fraction of sp³-hybridized carbons (Fsp3) is 0.400. The lowest BCUT2D eigenvalue weighted by Crippen LogP contribution is -2.09. The van der Waals surface area contributed by atoms with Gasteiger partial charge in [0.2, 0.25) is 0 Å². The molecular formula is C10H12F3NOS. The first-order valence-corrected chi connectivity index (χ1v) is 5.58. The van der Waals surface area contributed by atoms with Gasteiger partial charge in [-0.1, -0.05) is 0 Å². The third-order valence-electron chi connectivity index (χ3n) is 1.79. The van der Waals surface area contributed by atoms with Gasteiger partial charge in [0.15, 0.2) is 0 Å². The molecule has 0 unspecified atom stereocenters. The van der Waals surface area contributed by atoms with E-state index in [0.29, 0.717) is 0 Å². The van der Waals surface area contributed by atoms with E-state index in [4.69, 9.17) is 4.74 Å². The summed E-state index contributed by atoms with van der Waals surface area (Å²) >= 11 is -0.0267. The quantitative estimate of drug-likeness (QED) is 0.811. The van der Waals surface area contributed by atoms with Crippen molar-refractivity contribution >= 4 is 17.4 Å². The Kier molecular flexibility index (Phi) is 4.79. The molecule has 0 bridgehead atoms. The Balaban J connectivity index is 2.27. The molecule has 6 heteroatoms. The smallest absolute Gasteiger partial charge is 0.441 e. The molecule has 16 heavy (non-hydrogen) atoms. The summed E-state index contributed by atoms with van der Waals surface area (Å²) < 4.78 is 40.4. The van der Waals surface area contributed by atoms with Crippen molar-refractivity contribution in [1.29, 1.82) is 0 Å². The highest BCUT2D eigenvalue weighted by molar-refractivity contribution is 8.00. The fourth-order valence-electron chi connectivity index (χ4n) is 1.07. The zero-order valence-corrected chi connectivity index (χ0v) is 9.49. The molecule has 0 aliphatic rings. The Morgan fingerprint density at radius 1 is 1.25 bits per heavy atom. The van der Waals surface area contributed by atoms with Crippen LogP contribution in [0.4, 0.5) is 18.9 Å². The van der Waals surface area contributed by atoms with Gasteiger partial charge >= 0.3 is 5.51 Å². The van der Waals surface area contributed by atoms with Crippen LogP contribution in [0.25, 0.3) is 0 Å². The molecule has 0 saturated heterocycles. The van der Waals surface area contributed by atoms with Gasteiger partial charge < -0.3 is 10.1 Å². The molecule has 1 rings (SSSR count). The molecule has 0 aromatic heterocycles. The average molecular weight is 251 g/mol. The molecular weight excluding hydrogens is 239 g/mol. The maximum absolute atomic E-state index is 11.8. The first-order valence-electron chi connectivity index (χ1n) is 4.60. The first kappa shape index (κ1) is 13.0. The summed E-state index contributed by atoms with van der Waals surface area (Å²) in [5.74, 6) is 0.713. The summed E-state index contributed by atoms with van der Waals surface area (Å²) in [6.07, 6.45) is 0. The molecule has 0 fully saturated rings. The Bertz CT molecular complexity index is 313. The van der Waals surface area contributed by atoms with Crippen molar-refractivity contribution in [2.24, 2.45) is 0 Å². The van der Waals surface area contributed by atoms with E-state index in [-0.39, 0.29) is 24.1 Å². The summed E-state index contributed by atoms with van der Waals surface area (Å²) in [5, 5.41) is 2.89. The standard InChI is InChI=1S/C10H12F3NOS/c1-15-9-4-2-8(3-5-9)14-6-7-16-10(11,12)13/h2-5,14H,6-7H2,1H3. The van der Waals surface area contributed by atoms with Crippen molar-refractivity contribution in [2.45, 2.75) is 5.51 Å². The normalized spacial score (nSPS) is 11.2. The van der Waals surface area contributed by atoms with Gasteiger partial charge in [0.25, 0.3) is 0 Å². The van der Waals surface area contributed by atoms with Gasteiger partial charge in [0.1, 0.15) is 5.75 Å². The lowest BCUT2D eigenvalue weighted by Gasteiger charge is -2.08. The molecule has 0 saturated carbocycles. The third-order valence-corrected chi connectivity index (χ3v) is 2.52. The number of alkyl halides is 3. The van der Waals surface area contributed by atoms with Crippen LogP contribution in [0.5, 0.6) is 5.75 Å². The Morgan fingerprint density at radius 2 is 1.88 bits per heavy atom. The van der Waals surface area contributed by atoms with Crippen LogP contribution in [0, 0.1) is 0 Å². The summed E-state index contributed by atoms with van der Waals surface area (Å²) in [6.45, 7) is 0.274. The number of methoxy groups -OCH3 is 1. The van der Waals surface area contributed by atoms with Crippen molar-refractivity contribution < 1.29 is 17.9 Å². The summed E-state index contributed by atoms with van der Waals surface area (Å²) in [4.78, 5) is 0. The molecule has 0 heterocycles. The molecule has 1 aromatic carbocycles. The van der Waals surface area contributed by atoms with Crippen molar-refractivity contribution in [2.75, 3.05) is 24.7 Å². The average Bonchev–Trinajstić information content (AvgIpc) is 2.24. The van der Waals surface area contributed by atoms with Crippen LogP contribution in [0.2, 0.25) is 0 Å². The van der Waals surface area contributed by atoms with Gasteiger partial charge in [-0.05, 0) is 36.0 Å². The minimum Gasteiger partial charge on any atom is -0.497 e. The molecule has 0 atom stereocenters. The zero-order valence-electron chi connectivity index (χ0n) is 8.67. The van der Waals surface area contributed by atoms with E-state index in [1.807, 2.05) is 0 Å². The highest BCUT2D eigenvalue weighted by atomic mass is 32.2. The number of benzene rings is 1. The van der Waals surface area contributed by atoms with Crippen LogP contribution in [0.15, 0.2) is 24.3 Å². The van der Waals surface area contributed by atoms with Gasteiger partial charge in [0, 0.05) is 18.0 Å². The predicted octanol–water partition coefficient (Wildman–Crippen LogP) is 3.36. The van der Waals surface area contributed by atoms with E-state index in [2.05, 4.69) is 5.32 Å². The van der Waals surface area contributed by atoms with E-state index in [1.165, 1.54) is 0 Å². The maximum atomic E-state index is 11.8. The molecule has 2 nitrogen and oxygen atoms in total. The van der Waals surface area contributed by atoms with Crippen LogP contribution in [-0.2, 0) is 0 Å². The number of ether oxygens (including phenoxy) is 1. The minimum absolute atomic E-state index is 0.00444. The second kappa shape index (κ2) is 5.89. The molecule has 1 N–H and O–H groups in total. The highest BCUT2D eigenvalue weighted by Gasteiger charge is 2.27. The van der Waals surface area contributed by atoms with E-state index in [0.717, 1.165) is 11.4 Å². The number of hydrogen-bond donors (Lipinski definition) is 1. The molecule has 0 amide bonds. The Labute approximate surface area is 96.2 Å². The number of halogens is 3. The fourth-order valence-corrected chi connectivity index (χ4v) is 1.51. The molecule has 0 radical (unpaired) electrons. The Morgan fingerprint density at radius 3 is 2.38 bits per heavy atom. The number of rotatable bonds is 5. The van der Waals surface area contributed by atoms with Crippen LogP contribution in [-0.4, -0.2) is 24.9 Å². The van der Waals surface area contributed by atoms with E-state index in [1.54, 1.807) is 31.4 Å². The number of thioether (sulfide) groups is 1. The van der Waals surface area contributed by atoms with Crippen molar-refractivity contribution in [1.82, 2.24) is 0 Å². The predicted molar refractivity (Wildman–Crippen MR) is 60.0 cm³/mol. The van der Waals surface area contributed by atoms with Gasteiger partial charge in [0.05, 0.1) is 7.11 Å². The third kappa shape index (κ3) is 5.16. The summed E-state index contributed by atoms with van der Waals surface area (Å²) in [7, 11) is 1.56.